The Balaban J connectivity index is 1.34. The predicted molar refractivity (Wildman–Crippen MR) is 252 cm³/mol. The van der Waals surface area contributed by atoms with E-state index in [0.29, 0.717) is 19.2 Å². The molecule has 6 aromatic carbocycles. The van der Waals surface area contributed by atoms with Crippen molar-refractivity contribution < 1.29 is 21.4 Å². The Hall–Kier alpha value is -4.11. The van der Waals surface area contributed by atoms with Gasteiger partial charge in [0.1, 0.15) is 0 Å². The second-order valence-corrected chi connectivity index (χ2v) is 29.0. The molecule has 291 valence electrons. The van der Waals surface area contributed by atoms with Crippen molar-refractivity contribution in [3.05, 3.63) is 170 Å². The first kappa shape index (κ1) is 39.4. The molecule has 6 aromatic rings. The van der Waals surface area contributed by atoms with Gasteiger partial charge in [0.15, 0.2) is 0 Å². The first-order valence-electron chi connectivity index (χ1n) is 21.9. The van der Waals surface area contributed by atoms with Crippen LogP contribution in [-0.4, -0.2) is 9.52 Å². The van der Waals surface area contributed by atoms with Gasteiger partial charge < -0.3 is 0 Å². The molecule has 1 aliphatic heterocycles. The summed E-state index contributed by atoms with van der Waals surface area (Å²) in [6, 6.07) is 41.2. The second kappa shape index (κ2) is 15.5. The van der Waals surface area contributed by atoms with Crippen molar-refractivity contribution in [1.29, 1.82) is 0 Å². The number of hydrogen-bond donors (Lipinski definition) is 0. The van der Waals surface area contributed by atoms with Gasteiger partial charge in [-0.2, -0.15) is 0 Å². The Kier molecular flexibility index (Phi) is 10.5. The normalized spacial score (nSPS) is 17.7. The third-order valence-corrected chi connectivity index (χ3v) is 31.4. The van der Waals surface area contributed by atoms with Crippen LogP contribution in [0.5, 0.6) is 0 Å². The molecule has 0 N–H and O–H groups in total. The van der Waals surface area contributed by atoms with Crippen LogP contribution in [0, 0.1) is 53.4 Å². The first-order chi connectivity index (χ1) is 28.0. The van der Waals surface area contributed by atoms with Crippen molar-refractivity contribution in [2.45, 2.75) is 89.4 Å². The summed E-state index contributed by atoms with van der Waals surface area (Å²) in [7, 11) is -0.632. The molecule has 0 radical (unpaired) electrons. The van der Waals surface area contributed by atoms with Gasteiger partial charge in [0, 0.05) is 0 Å². The number of hydrogen-bond acceptors (Lipinski definition) is 0. The molecule has 0 bridgehead atoms. The average Bonchev–Trinajstić information content (AvgIpc) is 3.94. The van der Waals surface area contributed by atoms with E-state index in [4.69, 9.17) is 0 Å². The maximum atomic E-state index is 2.72. The Bertz CT molecular complexity index is 2550. The van der Waals surface area contributed by atoms with Crippen LogP contribution in [0.3, 0.4) is 0 Å². The molecule has 0 spiro atoms. The van der Waals surface area contributed by atoms with Crippen molar-refractivity contribution in [3.8, 4) is 33.4 Å². The van der Waals surface area contributed by atoms with Gasteiger partial charge in [0.05, 0.1) is 0 Å². The third-order valence-electron chi connectivity index (χ3n) is 15.0. The molecule has 0 nitrogen and oxygen atoms in total. The summed E-state index contributed by atoms with van der Waals surface area (Å²) >= 11 is -3.20. The van der Waals surface area contributed by atoms with E-state index in [1.807, 2.05) is 3.32 Å². The van der Waals surface area contributed by atoms with Crippen molar-refractivity contribution in [1.82, 2.24) is 0 Å². The van der Waals surface area contributed by atoms with Gasteiger partial charge in [-0.15, -0.1) is 0 Å². The van der Waals surface area contributed by atoms with Gasteiger partial charge in [-0.1, -0.05) is 0 Å². The van der Waals surface area contributed by atoms with Gasteiger partial charge in [0.25, 0.3) is 0 Å². The fraction of sp³-hybridized carbons (Fsp3) is 0.286. The van der Waals surface area contributed by atoms with E-state index in [-0.39, 0.29) is 0 Å². The molecule has 1 heterocycles. The summed E-state index contributed by atoms with van der Waals surface area (Å²) in [5.41, 5.74) is 26.7. The fourth-order valence-corrected chi connectivity index (χ4v) is 30.9. The first-order valence-corrected chi connectivity index (χ1v) is 29.3. The number of benzene rings is 6. The zero-order valence-corrected chi connectivity index (χ0v) is 41.4. The summed E-state index contributed by atoms with van der Waals surface area (Å²) in [5, 5.41) is 3.40. The Morgan fingerprint density at radius 3 is 1.47 bits per heavy atom. The minimum atomic E-state index is -3.20. The standard InChI is InChI=1S/2C22H25.C12H9Si.Hf/c2*1-6-14(2)19-12-18-8-7-9-21(22(18)13-19)20-11-10-15(3)16(4)17(20)5;1-3-7-11-9(5-1)10-6-2-4-8-12(10)13-11;/h2*7-14H,6H2,1-5H3;1-7H,13H2;. The van der Waals surface area contributed by atoms with E-state index < -0.39 is 31.0 Å². The molecule has 9 rings (SSSR count). The predicted octanol–water partition coefficient (Wildman–Crippen LogP) is 12.6. The van der Waals surface area contributed by atoms with Crippen molar-refractivity contribution in [3.63, 3.8) is 0 Å². The summed E-state index contributed by atoms with van der Waals surface area (Å²) < 4.78 is 2.76. The van der Waals surface area contributed by atoms with Crippen LogP contribution in [0.2, 0.25) is 0 Å². The molecule has 4 atom stereocenters. The quantitative estimate of drug-likeness (QED) is 0.127. The molecular weight excluding hydrogens is 879 g/mol. The minimum absolute atomic E-state index is 0.474. The van der Waals surface area contributed by atoms with Crippen LogP contribution in [0.4, 0.5) is 0 Å². The van der Waals surface area contributed by atoms with Crippen LogP contribution in [0.15, 0.2) is 114 Å². The molecule has 2 aliphatic carbocycles. The summed E-state index contributed by atoms with van der Waals surface area (Å²) in [6.45, 7) is 23.7. The Morgan fingerprint density at radius 2 is 0.948 bits per heavy atom. The van der Waals surface area contributed by atoms with Crippen LogP contribution < -0.4 is 13.7 Å². The molecular formula is C56H59HfSi. The summed E-state index contributed by atoms with van der Waals surface area (Å²) in [6.07, 6.45) is 7.75. The van der Waals surface area contributed by atoms with Gasteiger partial charge in [-0.25, -0.2) is 0 Å². The second-order valence-electron chi connectivity index (χ2n) is 17.9. The van der Waals surface area contributed by atoms with Gasteiger partial charge in [0.2, 0.25) is 0 Å². The van der Waals surface area contributed by atoms with Gasteiger partial charge in [-0.3, -0.25) is 0 Å². The van der Waals surface area contributed by atoms with Crippen LogP contribution in [-0.2, 0) is 21.4 Å². The molecule has 0 saturated heterocycles. The van der Waals surface area contributed by atoms with Crippen LogP contribution in [0.1, 0.15) is 104 Å². The molecule has 2 heteroatoms. The van der Waals surface area contributed by atoms with E-state index in [9.17, 15) is 0 Å². The SMILES string of the molecule is CCC(C)C1=Cc2c(-c3ccc(C)c(C)c3C)cccc2[CH]1[Hf]([c]1cccc2c1[SiH2]c1ccccc1-2)[CH]1C(C(C)CC)=Cc2c(-c3ccc(C)c(C)c3C)cccc21. The van der Waals surface area contributed by atoms with Crippen LogP contribution in [0.25, 0.3) is 45.5 Å². The molecule has 58 heavy (non-hydrogen) atoms. The zero-order chi connectivity index (χ0) is 40.6. The van der Waals surface area contributed by atoms with E-state index in [1.54, 1.807) is 38.2 Å². The van der Waals surface area contributed by atoms with Crippen LogP contribution >= 0.6 is 0 Å². The molecule has 3 aliphatic rings. The molecule has 0 saturated carbocycles. The number of allylic oxidation sites excluding steroid dienone is 2. The van der Waals surface area contributed by atoms with Crippen molar-refractivity contribution in [2.75, 3.05) is 0 Å². The molecule has 0 fully saturated rings. The Morgan fingerprint density at radius 1 is 0.483 bits per heavy atom. The zero-order valence-electron chi connectivity index (χ0n) is 36.4. The van der Waals surface area contributed by atoms with Gasteiger partial charge in [-0.05, 0) is 0 Å². The Labute approximate surface area is 358 Å². The van der Waals surface area contributed by atoms with E-state index in [2.05, 4.69) is 185 Å². The van der Waals surface area contributed by atoms with E-state index >= 15 is 0 Å². The number of aryl methyl sites for hydroxylation is 2. The molecule has 4 unspecified atom stereocenters. The molecule has 0 aromatic heterocycles. The maximum absolute atomic E-state index is 3.20. The van der Waals surface area contributed by atoms with E-state index in [0.717, 1.165) is 12.8 Å². The van der Waals surface area contributed by atoms with Crippen molar-refractivity contribution >= 4 is 35.4 Å². The summed E-state index contributed by atoms with van der Waals surface area (Å²) in [4.78, 5) is 0. The average molecular weight is 939 g/mol. The number of fused-ring (bicyclic) bond motifs is 5. The van der Waals surface area contributed by atoms with Gasteiger partial charge >= 0.3 is 361 Å². The third kappa shape index (κ3) is 6.23. The monoisotopic (exact) mass is 939 g/mol. The fourth-order valence-electron chi connectivity index (χ4n) is 10.7. The van der Waals surface area contributed by atoms with Crippen molar-refractivity contribution in [2.24, 2.45) is 11.8 Å². The molecule has 0 amide bonds. The van der Waals surface area contributed by atoms with E-state index in [1.165, 1.54) is 72.3 Å². The number of rotatable bonds is 9. The topological polar surface area (TPSA) is 0 Å². The summed E-state index contributed by atoms with van der Waals surface area (Å²) in [5.74, 6) is 1.03.